The lowest BCUT2D eigenvalue weighted by molar-refractivity contribution is -0.399. The van der Waals surface area contributed by atoms with Crippen molar-refractivity contribution >= 4 is 35.5 Å². The van der Waals surface area contributed by atoms with Gasteiger partial charge < -0.3 is 294 Å². The Morgan fingerprint density at radius 1 is 0.211 bits per heavy atom. The maximum atomic E-state index is 13.6. The van der Waals surface area contributed by atoms with E-state index in [0.29, 0.717) is 0 Å². The predicted octanol–water partition coefficient (Wildman–Crippen LogP) is -24.3. The molecule has 36 N–H and O–H groups in total. The first-order valence-electron chi connectivity index (χ1n) is 46.9. The number of carbonyl (C=O) groups excluding carboxylic acids is 5. The molecular weight excluding hydrogens is 2010 g/mol. The summed E-state index contributed by atoms with van der Waals surface area (Å²) in [6, 6.07) is -10.1. The lowest BCUT2D eigenvalue weighted by Crippen LogP contribution is -2.72. The molecule has 12 fully saturated rings. The average molecular weight is 2150 g/mol. The number of amides is 5. The van der Waals surface area contributed by atoms with Gasteiger partial charge in [-0.2, -0.15) is 0 Å². The average Bonchev–Trinajstić information content (AvgIpc) is 0.758. The third kappa shape index (κ3) is 26.6. The molecule has 0 aromatic rings. The van der Waals surface area contributed by atoms with E-state index in [1.165, 1.54) is 13.8 Å². The number of carboxylic acids is 1. The van der Waals surface area contributed by atoms with Gasteiger partial charge in [0.05, 0.1) is 71.7 Å². The van der Waals surface area contributed by atoms with Crippen molar-refractivity contribution in [1.82, 2.24) is 26.6 Å². The molecule has 5 amide bonds. The van der Waals surface area contributed by atoms with Gasteiger partial charge in [-0.15, -0.1) is 0 Å². The highest BCUT2D eigenvalue weighted by Gasteiger charge is 2.64. The number of aliphatic hydroxyl groups excluding tert-OH is 30. The fourth-order valence-corrected chi connectivity index (χ4v) is 19.1. The number of nitrogens with one attached hydrogen (secondary N) is 5. The van der Waals surface area contributed by atoms with Gasteiger partial charge in [0.1, 0.15) is 274 Å². The van der Waals surface area contributed by atoms with E-state index in [-0.39, 0.29) is 0 Å². The van der Waals surface area contributed by atoms with Crippen LogP contribution < -0.4 is 26.6 Å². The van der Waals surface area contributed by atoms with E-state index in [4.69, 9.17) is 109 Å². The highest BCUT2D eigenvalue weighted by atomic mass is 16.8. The Morgan fingerprint density at radius 3 is 0.952 bits per heavy atom. The van der Waals surface area contributed by atoms with Crippen LogP contribution in [0.15, 0.2) is 0 Å². The normalized spacial score (nSPS) is 49.5. The van der Waals surface area contributed by atoms with Crippen LogP contribution in [0.4, 0.5) is 0 Å². The summed E-state index contributed by atoms with van der Waals surface area (Å²) in [5.41, 5.74) is 0. The molecule has 12 aliphatic heterocycles. The van der Waals surface area contributed by atoms with Gasteiger partial charge in [-0.3, -0.25) is 24.0 Å². The Hall–Kier alpha value is -5.30. The summed E-state index contributed by atoms with van der Waals surface area (Å²) in [6.07, 6.45) is -119. The number of hydrogen-bond acceptors (Lipinski definition) is 59. The maximum Gasteiger partial charge on any atom is 0.335 e. The van der Waals surface area contributed by atoms with Crippen LogP contribution in [0, 0.1) is 0 Å². The van der Waals surface area contributed by atoms with Gasteiger partial charge in [0.2, 0.25) is 29.5 Å². The Balaban J connectivity index is 0.874. The van der Waals surface area contributed by atoms with Gasteiger partial charge in [0, 0.05) is 34.6 Å². The van der Waals surface area contributed by atoms with Crippen molar-refractivity contribution in [3.8, 4) is 0 Å². The zero-order valence-electron chi connectivity index (χ0n) is 79.2. The van der Waals surface area contributed by atoms with Crippen LogP contribution in [0.25, 0.3) is 0 Å². The molecule has 0 bridgehead atoms. The topological polar surface area (TPSA) is 1000 Å². The van der Waals surface area contributed by atoms with E-state index in [1.54, 1.807) is 0 Å². The molecule has 65 nitrogen and oxygen atoms in total. The molecule has 848 valence electrons. The molecule has 0 unspecified atom stereocenters. The van der Waals surface area contributed by atoms with Crippen molar-refractivity contribution in [3.05, 3.63) is 0 Å². The second kappa shape index (κ2) is 52.0. The quantitative estimate of drug-likeness (QED) is 0.0275. The molecule has 147 heavy (non-hydrogen) atoms. The smallest absolute Gasteiger partial charge is 0.335 e. The third-order valence-corrected chi connectivity index (χ3v) is 27.0. The summed E-state index contributed by atoms with van der Waals surface area (Å²) in [5, 5.41) is 362. The molecule has 0 radical (unpaired) electrons. The number of carbonyl (C=O) groups is 6. The van der Waals surface area contributed by atoms with Crippen LogP contribution in [0.5, 0.6) is 0 Å². The lowest BCUT2D eigenvalue weighted by Gasteiger charge is -2.52. The van der Waals surface area contributed by atoms with Gasteiger partial charge in [0.25, 0.3) is 0 Å². The first-order chi connectivity index (χ1) is 69.4. The first-order valence-corrected chi connectivity index (χ1v) is 46.9. The Kier molecular flexibility index (Phi) is 42.6. The van der Waals surface area contributed by atoms with E-state index in [2.05, 4.69) is 26.6 Å². The third-order valence-electron chi connectivity index (χ3n) is 27.0. The molecule has 12 saturated heterocycles. The zero-order valence-corrected chi connectivity index (χ0v) is 79.2. The fourth-order valence-electron chi connectivity index (χ4n) is 19.1. The summed E-state index contributed by atoms with van der Waals surface area (Å²) in [5.74, 6) is -6.91. The van der Waals surface area contributed by atoms with Gasteiger partial charge in [-0.05, 0) is 13.8 Å². The van der Waals surface area contributed by atoms with Crippen molar-refractivity contribution in [3.63, 3.8) is 0 Å². The number of hydrogen-bond donors (Lipinski definition) is 36. The van der Waals surface area contributed by atoms with E-state index in [0.717, 1.165) is 34.6 Å². The summed E-state index contributed by atoms with van der Waals surface area (Å²) in [4.78, 5) is 78.2. The predicted molar refractivity (Wildman–Crippen MR) is 451 cm³/mol. The van der Waals surface area contributed by atoms with Crippen LogP contribution in [-0.2, 0) is 138 Å². The molecule has 12 heterocycles. The molecule has 0 aromatic heterocycles. The van der Waals surface area contributed by atoms with Crippen molar-refractivity contribution in [1.29, 1.82) is 0 Å². The summed E-state index contributed by atoms with van der Waals surface area (Å²) >= 11 is 0. The molecule has 0 aromatic carbocycles. The van der Waals surface area contributed by atoms with E-state index >= 15 is 0 Å². The number of aliphatic carboxylic acids is 1. The van der Waals surface area contributed by atoms with Crippen molar-refractivity contribution in [2.45, 2.75) is 417 Å². The van der Waals surface area contributed by atoms with Gasteiger partial charge in [-0.25, -0.2) is 4.79 Å². The van der Waals surface area contributed by atoms with Crippen LogP contribution in [0.1, 0.15) is 48.5 Å². The van der Waals surface area contributed by atoms with Gasteiger partial charge in [-0.1, -0.05) is 0 Å². The van der Waals surface area contributed by atoms with Gasteiger partial charge in [0.15, 0.2) is 81.6 Å². The molecule has 0 spiro atoms. The molecule has 12 rings (SSSR count). The minimum Gasteiger partial charge on any atom is -0.479 e. The minimum absolute atomic E-state index is 0.854. The van der Waals surface area contributed by atoms with Crippen LogP contribution in [-0.4, -0.2) is 621 Å². The minimum atomic E-state index is -2.73. The second-order valence-corrected chi connectivity index (χ2v) is 37.4. The SMILES string of the molecule is CC(=O)N[C@@H]1[C@@H](O[C@@H]2O[C@@H](C)[C@@H](O)[C@@H](O)[C@@H]2O)[C@H](O[C@@H]2O[C@H](CO)[C@@H](O[C@@H]3O[C@H](CO[C@H]4O[C@H](CO)[C@@H](O)[C@H](O)[C@@H]4O[C@@H]4O[C@H](CO)[C@@H](O)[C@H](O)[C@H]4NC(C)=O)[C@@H](O)[C@H](O[C@H]4O[C@H](CO)[C@@H](O)[C@H](O)[C@@H]4O[C@@H]4O[C@H](CO)[C@@H](O[C@@H]5O[C@H](CO)[C@H](O)[C@H](O[C@@H]6O[C@H](CO)[C@H](O)[C@H](O[C@@H]7O[C@H](C(=O)O)[C@@H](O)[C@H](O)[C@H]7O)[C@H]6O)[C@H]5NC(C)=O)[C@H](O)[C@H]4NC(C)=O)[C@@H]3O)[C@H](O)[C@H]2NC(C)=O)[C@@H](CO[C@@H]2O[C@@H](C)[C@@H](O)[C@@H](O)[C@@H]2O)O[C@H]1O. The first kappa shape index (κ1) is 120. The summed E-state index contributed by atoms with van der Waals surface area (Å²) in [6.45, 7) is -3.77. The van der Waals surface area contributed by atoms with Crippen molar-refractivity contribution in [2.24, 2.45) is 0 Å². The van der Waals surface area contributed by atoms with Crippen LogP contribution >= 0.6 is 0 Å². The Morgan fingerprint density at radius 2 is 0.497 bits per heavy atom. The van der Waals surface area contributed by atoms with Crippen molar-refractivity contribution < 1.29 is 296 Å². The second-order valence-electron chi connectivity index (χ2n) is 37.4. The monoisotopic (exact) mass is 2150 g/mol. The van der Waals surface area contributed by atoms with Crippen molar-refractivity contribution in [2.75, 3.05) is 59.5 Å². The fraction of sp³-hybridized carbons (Fsp3) is 0.927. The lowest BCUT2D eigenvalue weighted by atomic mass is 9.93. The van der Waals surface area contributed by atoms with Crippen LogP contribution in [0.2, 0.25) is 0 Å². The molecule has 60 atom stereocenters. The zero-order chi connectivity index (χ0) is 108. The van der Waals surface area contributed by atoms with Gasteiger partial charge >= 0.3 is 5.97 Å². The highest BCUT2D eigenvalue weighted by molar-refractivity contribution is 5.75. The van der Waals surface area contributed by atoms with E-state index in [9.17, 15) is 187 Å². The Labute approximate surface area is 831 Å². The maximum absolute atomic E-state index is 13.6. The summed E-state index contributed by atoms with van der Waals surface area (Å²) < 4.78 is 138. The Bertz CT molecular complexity index is 4190. The molecule has 65 heteroatoms. The number of carboxylic acid groups (broad SMARTS) is 1. The number of rotatable bonds is 37. The highest BCUT2D eigenvalue weighted by Crippen LogP contribution is 2.43. The summed E-state index contributed by atoms with van der Waals surface area (Å²) in [7, 11) is 0. The molecule has 0 saturated carbocycles. The van der Waals surface area contributed by atoms with E-state index < -0.39 is 463 Å². The van der Waals surface area contributed by atoms with E-state index in [1.807, 2.05) is 0 Å². The number of aliphatic hydroxyl groups is 30. The largest absolute Gasteiger partial charge is 0.479 e. The number of ether oxygens (including phenoxy) is 23. The molecular formula is C82H135N5O60. The standard InChI is InChI=1S/C82H135N5O60/c1-17-38(100)49(111)55(117)76(127-17)125-16-32-62(64(36(71(124)129-32)86-22(6)98)142-77-56(118)50(112)39(101)18(2)128-77)140-73-34(84-20(4)96)48(110)61(30(14-94)135-73)139-80-59(121)66(45(107)31(137-80)15-126-81-68(52(114)41(103)25(9-89)133-81)146-72-33(83-19(3)95)46(108)40(102)24(8-88)130-72)144-82-69(53(115)42(104)26(10-90)134-82)147-74-35(85-21(5)97)47(109)60(29(13-93)136-74)138-75-37(87-23(7)99)63(43(105)27(11-91)131-75)141-79-58(120)65(44(106)28(12-92)132-79)143-78-57(119)51(113)54(116)67(145-78)70(122)123/h17-18,24-69,71-82,88-94,100-121,124H,8-16H2,1-7H3,(H,83,95)(H,84,96)(H,85,97)(H,86,98)(H,87,99)(H,122,123)/t17-,18-,24+,25+,26+,27+,28+,29+,30+,31+,32+,33+,34+,35+,36+,37+,38+,39+,40+,41+,42+,43-,44-,45+,46+,47+,48+,49+,50+,51-,52-,53-,54-,55-,56-,57+,58+,59-,60+,61+,62+,63+,64+,65-,66-,67-,68-,69-,71+,72-,73-,74-,75-,76+,77-,78+,79-,80-,81-,82+/m0/s1. The van der Waals surface area contributed by atoms with Crippen LogP contribution in [0.3, 0.4) is 0 Å². The molecule has 12 aliphatic rings. The molecule has 0 aliphatic carbocycles.